The zero-order chi connectivity index (χ0) is 18.8. The molecule has 7 heteroatoms. The fraction of sp³-hybridized carbons (Fsp3) is 0.100. The number of thioether (sulfide) groups is 1. The van der Waals surface area contributed by atoms with Crippen LogP contribution in [-0.2, 0) is 0 Å². The number of benzene rings is 2. The molecule has 134 valence electrons. The Hall–Kier alpha value is -3.19. The Kier molecular flexibility index (Phi) is 4.60. The zero-order valence-electron chi connectivity index (χ0n) is 14.3. The number of carbonyl (C=O) groups is 1. The molecule has 0 amide bonds. The molecule has 0 atom stereocenters. The Labute approximate surface area is 158 Å². The highest BCUT2D eigenvalue weighted by Crippen LogP contribution is 2.26. The van der Waals surface area contributed by atoms with Crippen LogP contribution in [0.5, 0.6) is 0 Å². The van der Waals surface area contributed by atoms with Gasteiger partial charge in [0.1, 0.15) is 11.1 Å². The third-order valence-corrected chi connectivity index (χ3v) is 4.87. The van der Waals surface area contributed by atoms with Gasteiger partial charge in [-0.15, -0.1) is 10.2 Å². The number of hydrogen-bond acceptors (Lipinski definition) is 7. The van der Waals surface area contributed by atoms with E-state index in [1.54, 1.807) is 24.3 Å². The third-order valence-electron chi connectivity index (χ3n) is 4.05. The van der Waals surface area contributed by atoms with E-state index in [4.69, 9.17) is 8.83 Å². The number of rotatable bonds is 5. The molecule has 2 heterocycles. The molecular weight excluding hydrogens is 364 g/mol. The van der Waals surface area contributed by atoms with Crippen LogP contribution in [0.25, 0.3) is 22.4 Å². The molecule has 2 aromatic heterocycles. The topological polar surface area (TPSA) is 86.2 Å². The summed E-state index contributed by atoms with van der Waals surface area (Å²) < 4.78 is 10.8. The predicted molar refractivity (Wildman–Crippen MR) is 102 cm³/mol. The molecule has 0 spiro atoms. The van der Waals surface area contributed by atoms with Gasteiger partial charge in [0.2, 0.25) is 5.89 Å². The van der Waals surface area contributed by atoms with E-state index in [1.807, 2.05) is 37.3 Å². The van der Waals surface area contributed by atoms with Crippen LogP contribution in [0.4, 0.5) is 0 Å². The number of aryl methyl sites for hydroxylation is 1. The minimum Gasteiger partial charge on any atom is -0.422 e. The zero-order valence-corrected chi connectivity index (χ0v) is 15.2. The van der Waals surface area contributed by atoms with Crippen molar-refractivity contribution in [3.05, 3.63) is 76.1 Å². The van der Waals surface area contributed by atoms with Gasteiger partial charge >= 0.3 is 5.63 Å². The summed E-state index contributed by atoms with van der Waals surface area (Å²) in [5.41, 5.74) is 1.68. The molecule has 0 aliphatic heterocycles. The fourth-order valence-electron chi connectivity index (χ4n) is 2.65. The van der Waals surface area contributed by atoms with Crippen LogP contribution in [0.3, 0.4) is 0 Å². The van der Waals surface area contributed by atoms with E-state index in [0.717, 1.165) is 22.9 Å². The smallest absolute Gasteiger partial charge is 0.347 e. The Balaban J connectivity index is 1.51. The van der Waals surface area contributed by atoms with Gasteiger partial charge in [-0.1, -0.05) is 48.2 Å². The lowest BCUT2D eigenvalue weighted by Gasteiger charge is -2.01. The van der Waals surface area contributed by atoms with E-state index in [1.165, 1.54) is 0 Å². The van der Waals surface area contributed by atoms with Crippen LogP contribution in [0.2, 0.25) is 0 Å². The van der Waals surface area contributed by atoms with E-state index >= 15 is 0 Å². The fourth-order valence-corrected chi connectivity index (χ4v) is 3.30. The summed E-state index contributed by atoms with van der Waals surface area (Å²) in [4.78, 5) is 24.5. The summed E-state index contributed by atoms with van der Waals surface area (Å²) in [5.74, 6) is 0.0433. The summed E-state index contributed by atoms with van der Waals surface area (Å²) in [6, 6.07) is 16.3. The van der Waals surface area contributed by atoms with Crippen molar-refractivity contribution in [1.29, 1.82) is 0 Å². The van der Waals surface area contributed by atoms with Crippen molar-refractivity contribution in [2.24, 2.45) is 0 Å². The van der Waals surface area contributed by atoms with E-state index in [2.05, 4.69) is 10.2 Å². The standard InChI is InChI=1S/C20H14N2O4S/c1-12-6-2-4-8-14(12)18-21-22-20(26-18)27-11-16(23)15-10-13-7-3-5-9-17(13)25-19(15)24/h2-10H,11H2,1H3. The van der Waals surface area contributed by atoms with Crippen LogP contribution in [-0.4, -0.2) is 21.7 Å². The number of para-hydroxylation sites is 1. The largest absolute Gasteiger partial charge is 0.422 e. The molecule has 4 aromatic rings. The number of aromatic nitrogens is 2. The summed E-state index contributed by atoms with van der Waals surface area (Å²) in [5, 5.41) is 8.96. The highest BCUT2D eigenvalue weighted by molar-refractivity contribution is 7.99. The molecule has 4 rings (SSSR count). The molecule has 0 bridgehead atoms. The number of hydrogen-bond donors (Lipinski definition) is 0. The number of Topliss-reactive ketones (excluding diaryl/α,β-unsaturated/α-hetero) is 1. The predicted octanol–water partition coefficient (Wildman–Crippen LogP) is 4.13. The summed E-state index contributed by atoms with van der Waals surface area (Å²) in [6.07, 6.45) is 0. The Morgan fingerprint density at radius 1 is 1.04 bits per heavy atom. The molecule has 2 aromatic carbocycles. The van der Waals surface area contributed by atoms with Crippen LogP contribution in [0.1, 0.15) is 15.9 Å². The molecule has 0 radical (unpaired) electrons. The molecule has 0 N–H and O–H groups in total. The van der Waals surface area contributed by atoms with Gasteiger partial charge in [0, 0.05) is 10.9 Å². The van der Waals surface area contributed by atoms with Gasteiger partial charge in [0.15, 0.2) is 5.78 Å². The minimum atomic E-state index is -0.648. The van der Waals surface area contributed by atoms with E-state index < -0.39 is 5.63 Å². The molecule has 0 fully saturated rings. The van der Waals surface area contributed by atoms with Crippen molar-refractivity contribution in [3.63, 3.8) is 0 Å². The van der Waals surface area contributed by atoms with Crippen LogP contribution in [0.15, 0.2) is 73.4 Å². The van der Waals surface area contributed by atoms with Gasteiger partial charge in [-0.2, -0.15) is 0 Å². The van der Waals surface area contributed by atoms with Gasteiger partial charge in [0.05, 0.1) is 5.75 Å². The summed E-state index contributed by atoms with van der Waals surface area (Å²) in [7, 11) is 0. The van der Waals surface area contributed by atoms with Crippen LogP contribution >= 0.6 is 11.8 Å². The Morgan fingerprint density at radius 3 is 2.67 bits per heavy atom. The lowest BCUT2D eigenvalue weighted by Crippen LogP contribution is -2.15. The maximum atomic E-state index is 12.4. The normalized spacial score (nSPS) is 11.0. The lowest BCUT2D eigenvalue weighted by molar-refractivity contribution is 0.101. The molecule has 27 heavy (non-hydrogen) atoms. The van der Waals surface area contributed by atoms with Crippen molar-refractivity contribution in [2.45, 2.75) is 12.1 Å². The van der Waals surface area contributed by atoms with Gasteiger partial charge < -0.3 is 8.83 Å². The average Bonchev–Trinajstić information content (AvgIpc) is 3.14. The highest BCUT2D eigenvalue weighted by Gasteiger charge is 2.17. The quantitative estimate of drug-likeness (QED) is 0.293. The van der Waals surface area contributed by atoms with Crippen LogP contribution in [0, 0.1) is 6.92 Å². The number of ketones is 1. The molecule has 0 saturated carbocycles. The van der Waals surface area contributed by atoms with Crippen molar-refractivity contribution in [2.75, 3.05) is 5.75 Å². The molecule has 0 unspecified atom stereocenters. The first-order chi connectivity index (χ1) is 13.1. The highest BCUT2D eigenvalue weighted by atomic mass is 32.2. The average molecular weight is 378 g/mol. The van der Waals surface area contributed by atoms with Gasteiger partial charge in [-0.25, -0.2) is 4.79 Å². The summed E-state index contributed by atoms with van der Waals surface area (Å²) in [6.45, 7) is 1.95. The SMILES string of the molecule is Cc1ccccc1-c1nnc(SCC(=O)c2cc3ccccc3oc2=O)o1. The lowest BCUT2D eigenvalue weighted by atomic mass is 10.1. The van der Waals surface area contributed by atoms with Crippen molar-refractivity contribution < 1.29 is 13.6 Å². The first kappa shape index (κ1) is 17.2. The molecular formula is C20H14N2O4S. The van der Waals surface area contributed by atoms with Crippen molar-refractivity contribution in [3.8, 4) is 11.5 Å². The third kappa shape index (κ3) is 3.54. The monoisotopic (exact) mass is 378 g/mol. The second-order valence-electron chi connectivity index (χ2n) is 5.89. The van der Waals surface area contributed by atoms with Crippen LogP contribution < -0.4 is 5.63 Å². The molecule has 6 nitrogen and oxygen atoms in total. The first-order valence-corrected chi connectivity index (χ1v) is 9.19. The molecule has 0 aliphatic carbocycles. The van der Waals surface area contributed by atoms with E-state index in [0.29, 0.717) is 16.9 Å². The van der Waals surface area contributed by atoms with Crippen molar-refractivity contribution in [1.82, 2.24) is 10.2 Å². The van der Waals surface area contributed by atoms with Gasteiger partial charge in [0.25, 0.3) is 5.22 Å². The number of fused-ring (bicyclic) bond motifs is 1. The Morgan fingerprint density at radius 2 is 1.81 bits per heavy atom. The van der Waals surface area contributed by atoms with Crippen molar-refractivity contribution >= 4 is 28.5 Å². The van der Waals surface area contributed by atoms with E-state index in [-0.39, 0.29) is 22.3 Å². The Bertz CT molecular complexity index is 1200. The number of carbonyl (C=O) groups excluding carboxylic acids is 1. The second-order valence-corrected chi connectivity index (χ2v) is 6.81. The van der Waals surface area contributed by atoms with E-state index in [9.17, 15) is 9.59 Å². The molecule has 0 aliphatic rings. The maximum Gasteiger partial charge on any atom is 0.347 e. The second kappa shape index (κ2) is 7.20. The van der Waals surface area contributed by atoms with Gasteiger partial charge in [-0.3, -0.25) is 4.79 Å². The van der Waals surface area contributed by atoms with Gasteiger partial charge in [-0.05, 0) is 30.7 Å². The minimum absolute atomic E-state index is 0.00148. The maximum absolute atomic E-state index is 12.4. The molecule has 0 saturated heterocycles. The first-order valence-electron chi connectivity index (χ1n) is 8.20. The summed E-state index contributed by atoms with van der Waals surface area (Å²) >= 11 is 1.09. The number of nitrogens with zero attached hydrogens (tertiary/aromatic N) is 2.